The van der Waals surface area contributed by atoms with Gasteiger partial charge in [-0.3, -0.25) is 9.59 Å². The topological polar surface area (TPSA) is 54.4 Å². The first-order chi connectivity index (χ1) is 6.50. The Labute approximate surface area is 86.3 Å². The van der Waals surface area contributed by atoms with Crippen LogP contribution in [0.15, 0.2) is 18.2 Å². The molecule has 0 unspecified atom stereocenters. The van der Waals surface area contributed by atoms with Crippen molar-refractivity contribution in [3.05, 3.63) is 34.3 Å². The predicted octanol–water partition coefficient (Wildman–Crippen LogP) is 2.17. The number of Topliss-reactive ketones (excluding diaryl/α,β-unsaturated/α-hetero) is 1. The zero-order valence-corrected chi connectivity index (χ0v) is 8.34. The van der Waals surface area contributed by atoms with E-state index in [-0.39, 0.29) is 12.2 Å². The molecule has 74 valence electrons. The lowest BCUT2D eigenvalue weighted by molar-refractivity contribution is -0.136. The fourth-order valence-corrected chi connectivity index (χ4v) is 1.37. The van der Waals surface area contributed by atoms with Crippen LogP contribution in [0.2, 0.25) is 5.02 Å². The molecule has 0 saturated carbocycles. The summed E-state index contributed by atoms with van der Waals surface area (Å²) >= 11 is 5.70. The number of hydrogen-bond donors (Lipinski definition) is 1. The normalized spacial score (nSPS) is 9.86. The molecule has 0 aliphatic carbocycles. The molecule has 0 fully saturated rings. The smallest absolute Gasteiger partial charge is 0.307 e. The van der Waals surface area contributed by atoms with E-state index in [0.717, 1.165) is 0 Å². The lowest BCUT2D eigenvalue weighted by atomic mass is 10.0. The highest BCUT2D eigenvalue weighted by Crippen LogP contribution is 2.17. The van der Waals surface area contributed by atoms with Gasteiger partial charge < -0.3 is 5.11 Å². The van der Waals surface area contributed by atoms with E-state index in [1.807, 2.05) is 0 Å². The van der Waals surface area contributed by atoms with Gasteiger partial charge in [0.15, 0.2) is 5.78 Å². The van der Waals surface area contributed by atoms with Crippen molar-refractivity contribution in [1.29, 1.82) is 0 Å². The molecule has 0 amide bonds. The van der Waals surface area contributed by atoms with Gasteiger partial charge in [-0.1, -0.05) is 17.7 Å². The van der Waals surface area contributed by atoms with Crippen LogP contribution in [0.4, 0.5) is 0 Å². The lowest BCUT2D eigenvalue weighted by Gasteiger charge is -2.04. The van der Waals surface area contributed by atoms with Crippen LogP contribution in [0.1, 0.15) is 22.8 Å². The molecule has 4 heteroatoms. The van der Waals surface area contributed by atoms with Crippen molar-refractivity contribution >= 4 is 23.4 Å². The number of benzene rings is 1. The summed E-state index contributed by atoms with van der Waals surface area (Å²) < 4.78 is 0. The molecule has 0 spiro atoms. The molecular formula is C10H9ClO3. The number of hydrogen-bond acceptors (Lipinski definition) is 2. The first kappa shape index (κ1) is 10.7. The van der Waals surface area contributed by atoms with Crippen LogP contribution < -0.4 is 0 Å². The van der Waals surface area contributed by atoms with Crippen molar-refractivity contribution in [3.63, 3.8) is 0 Å². The van der Waals surface area contributed by atoms with Gasteiger partial charge in [-0.15, -0.1) is 0 Å². The van der Waals surface area contributed by atoms with Crippen LogP contribution in [-0.4, -0.2) is 16.9 Å². The summed E-state index contributed by atoms with van der Waals surface area (Å²) in [6.07, 6.45) is -0.161. The van der Waals surface area contributed by atoms with Crippen LogP contribution in [0.25, 0.3) is 0 Å². The Kier molecular flexibility index (Phi) is 3.25. The third kappa shape index (κ3) is 2.57. The minimum absolute atomic E-state index is 0.161. The molecule has 1 rings (SSSR count). The average molecular weight is 213 g/mol. The van der Waals surface area contributed by atoms with Crippen LogP contribution in [0, 0.1) is 0 Å². The molecule has 0 saturated heterocycles. The largest absolute Gasteiger partial charge is 0.481 e. The molecular weight excluding hydrogens is 204 g/mol. The molecule has 0 aromatic heterocycles. The van der Waals surface area contributed by atoms with Crippen LogP contribution in [-0.2, 0) is 11.2 Å². The van der Waals surface area contributed by atoms with Crippen molar-refractivity contribution in [2.45, 2.75) is 13.3 Å². The number of carboxylic acid groups (broad SMARTS) is 1. The molecule has 3 nitrogen and oxygen atoms in total. The van der Waals surface area contributed by atoms with E-state index < -0.39 is 5.97 Å². The van der Waals surface area contributed by atoms with Crippen LogP contribution in [0.3, 0.4) is 0 Å². The molecule has 0 radical (unpaired) electrons. The Morgan fingerprint density at radius 1 is 1.43 bits per heavy atom. The quantitative estimate of drug-likeness (QED) is 0.782. The zero-order chi connectivity index (χ0) is 10.7. The van der Waals surface area contributed by atoms with Gasteiger partial charge in [0, 0.05) is 10.6 Å². The Hall–Kier alpha value is -1.35. The van der Waals surface area contributed by atoms with E-state index in [2.05, 4.69) is 0 Å². The van der Waals surface area contributed by atoms with Crippen molar-refractivity contribution in [3.8, 4) is 0 Å². The Bertz CT molecular complexity index is 385. The molecule has 0 aliphatic heterocycles. The van der Waals surface area contributed by atoms with Gasteiger partial charge in [0.1, 0.15) is 0 Å². The summed E-state index contributed by atoms with van der Waals surface area (Å²) in [4.78, 5) is 21.6. The van der Waals surface area contributed by atoms with Gasteiger partial charge >= 0.3 is 5.97 Å². The fraction of sp³-hybridized carbons (Fsp3) is 0.200. The second-order valence-electron chi connectivity index (χ2n) is 2.93. The first-order valence-corrected chi connectivity index (χ1v) is 4.39. The number of carbonyl (C=O) groups is 2. The summed E-state index contributed by atoms with van der Waals surface area (Å²) in [6, 6.07) is 4.63. The minimum atomic E-state index is -0.963. The molecule has 1 N–H and O–H groups in total. The minimum Gasteiger partial charge on any atom is -0.481 e. The van der Waals surface area contributed by atoms with Crippen LogP contribution in [0.5, 0.6) is 0 Å². The van der Waals surface area contributed by atoms with E-state index in [9.17, 15) is 9.59 Å². The summed E-state index contributed by atoms with van der Waals surface area (Å²) in [6.45, 7) is 1.39. The zero-order valence-electron chi connectivity index (χ0n) is 7.58. The number of ketones is 1. The number of aliphatic carboxylic acids is 1. The Morgan fingerprint density at radius 3 is 2.57 bits per heavy atom. The molecule has 0 heterocycles. The van der Waals surface area contributed by atoms with Gasteiger partial charge in [-0.05, 0) is 24.6 Å². The van der Waals surface area contributed by atoms with Crippen molar-refractivity contribution < 1.29 is 14.7 Å². The van der Waals surface area contributed by atoms with Gasteiger partial charge in [-0.2, -0.15) is 0 Å². The number of rotatable bonds is 3. The molecule has 1 aromatic rings. The van der Waals surface area contributed by atoms with Crippen molar-refractivity contribution in [2.75, 3.05) is 0 Å². The van der Waals surface area contributed by atoms with Gasteiger partial charge in [-0.25, -0.2) is 0 Å². The second kappa shape index (κ2) is 4.24. The number of halogens is 1. The van der Waals surface area contributed by atoms with Crippen molar-refractivity contribution in [2.24, 2.45) is 0 Å². The number of carbonyl (C=O) groups excluding carboxylic acids is 1. The van der Waals surface area contributed by atoms with E-state index in [1.165, 1.54) is 13.0 Å². The van der Waals surface area contributed by atoms with Gasteiger partial charge in [0.2, 0.25) is 0 Å². The van der Waals surface area contributed by atoms with E-state index in [4.69, 9.17) is 16.7 Å². The summed E-state index contributed by atoms with van der Waals surface area (Å²) in [5.74, 6) is -1.14. The third-order valence-electron chi connectivity index (χ3n) is 1.79. The second-order valence-corrected chi connectivity index (χ2v) is 3.36. The monoisotopic (exact) mass is 212 g/mol. The standard InChI is InChI=1S/C10H9ClO3/c1-6(12)9-5-8(11)3-2-7(9)4-10(13)14/h2-3,5H,4H2,1H3,(H,13,14). The highest BCUT2D eigenvalue weighted by atomic mass is 35.5. The fourth-order valence-electron chi connectivity index (χ4n) is 1.19. The maximum atomic E-state index is 11.1. The highest BCUT2D eigenvalue weighted by Gasteiger charge is 2.10. The molecule has 14 heavy (non-hydrogen) atoms. The van der Waals surface area contributed by atoms with Gasteiger partial charge in [0.05, 0.1) is 6.42 Å². The maximum absolute atomic E-state index is 11.1. The molecule has 1 aromatic carbocycles. The Balaban J connectivity index is 3.14. The van der Waals surface area contributed by atoms with E-state index >= 15 is 0 Å². The first-order valence-electron chi connectivity index (χ1n) is 4.02. The van der Waals surface area contributed by atoms with Gasteiger partial charge in [0.25, 0.3) is 0 Å². The molecule has 0 aliphatic rings. The van der Waals surface area contributed by atoms with Crippen molar-refractivity contribution in [1.82, 2.24) is 0 Å². The molecule has 0 bridgehead atoms. The third-order valence-corrected chi connectivity index (χ3v) is 2.03. The summed E-state index contributed by atoms with van der Waals surface area (Å²) in [5, 5.41) is 9.03. The summed E-state index contributed by atoms with van der Waals surface area (Å²) in [7, 11) is 0. The maximum Gasteiger partial charge on any atom is 0.307 e. The Morgan fingerprint density at radius 2 is 2.07 bits per heavy atom. The SMILES string of the molecule is CC(=O)c1cc(Cl)ccc1CC(=O)O. The number of carboxylic acids is 1. The van der Waals surface area contributed by atoms with E-state index in [0.29, 0.717) is 16.1 Å². The predicted molar refractivity (Wildman–Crippen MR) is 52.8 cm³/mol. The van der Waals surface area contributed by atoms with Crippen LogP contribution >= 0.6 is 11.6 Å². The molecule has 0 atom stereocenters. The van der Waals surface area contributed by atoms with E-state index in [1.54, 1.807) is 12.1 Å². The average Bonchev–Trinajstić information content (AvgIpc) is 2.07. The highest BCUT2D eigenvalue weighted by molar-refractivity contribution is 6.31. The lowest BCUT2D eigenvalue weighted by Crippen LogP contribution is -2.06. The summed E-state index contributed by atoms with van der Waals surface area (Å²) in [5.41, 5.74) is 0.870.